The SMILES string of the molecule is Cc1cc(N(C)C)nc(N2CCN(c3cnc4cc(Cl)ccc4n3)CC2)n1. The number of anilines is 3. The highest BCUT2D eigenvalue weighted by Crippen LogP contribution is 2.22. The molecule has 0 bridgehead atoms. The van der Waals surface area contributed by atoms with E-state index in [1.807, 2.05) is 56.4 Å². The number of halogens is 1. The van der Waals surface area contributed by atoms with Crippen molar-refractivity contribution in [2.75, 3.05) is 55.0 Å². The molecule has 4 rings (SSSR count). The molecule has 8 heteroatoms. The Morgan fingerprint density at radius 2 is 1.67 bits per heavy atom. The molecular weight excluding hydrogens is 362 g/mol. The number of aromatic nitrogens is 4. The number of fused-ring (bicyclic) bond motifs is 1. The van der Waals surface area contributed by atoms with Gasteiger partial charge in [0.05, 0.1) is 17.2 Å². The van der Waals surface area contributed by atoms with Gasteiger partial charge in [0.2, 0.25) is 5.95 Å². The fraction of sp³-hybridized carbons (Fsp3) is 0.368. The number of piperazine rings is 1. The molecule has 0 N–H and O–H groups in total. The number of hydrogen-bond donors (Lipinski definition) is 0. The summed E-state index contributed by atoms with van der Waals surface area (Å²) in [5, 5.41) is 0.674. The lowest BCUT2D eigenvalue weighted by molar-refractivity contribution is 0.633. The van der Waals surface area contributed by atoms with Crippen LogP contribution in [0.2, 0.25) is 5.02 Å². The highest BCUT2D eigenvalue weighted by molar-refractivity contribution is 6.31. The molecule has 0 unspecified atom stereocenters. The van der Waals surface area contributed by atoms with Crippen molar-refractivity contribution in [3.05, 3.63) is 41.2 Å². The van der Waals surface area contributed by atoms with Crippen molar-refractivity contribution < 1.29 is 0 Å². The maximum absolute atomic E-state index is 6.02. The van der Waals surface area contributed by atoms with E-state index in [9.17, 15) is 0 Å². The van der Waals surface area contributed by atoms with Gasteiger partial charge in [0, 0.05) is 57.1 Å². The lowest BCUT2D eigenvalue weighted by Gasteiger charge is -2.35. The van der Waals surface area contributed by atoms with Crippen LogP contribution in [0.15, 0.2) is 30.5 Å². The van der Waals surface area contributed by atoms with E-state index in [2.05, 4.69) is 24.8 Å². The standard InChI is InChI=1S/C19H22ClN7/c1-13-10-17(25(2)3)24-19(22-13)27-8-6-26(7-9-27)18-12-21-16-11-14(20)4-5-15(16)23-18/h4-5,10-12H,6-9H2,1-3H3. The van der Waals surface area contributed by atoms with Crippen molar-refractivity contribution >= 4 is 40.2 Å². The van der Waals surface area contributed by atoms with E-state index in [0.29, 0.717) is 5.02 Å². The van der Waals surface area contributed by atoms with Crippen molar-refractivity contribution in [1.29, 1.82) is 0 Å². The minimum absolute atomic E-state index is 0.674. The lowest BCUT2D eigenvalue weighted by atomic mass is 10.3. The molecule has 0 saturated carbocycles. The molecule has 0 amide bonds. The summed E-state index contributed by atoms with van der Waals surface area (Å²) in [5.41, 5.74) is 2.65. The van der Waals surface area contributed by atoms with Gasteiger partial charge in [0.15, 0.2) is 0 Å². The highest BCUT2D eigenvalue weighted by atomic mass is 35.5. The van der Waals surface area contributed by atoms with Gasteiger partial charge >= 0.3 is 0 Å². The fourth-order valence-electron chi connectivity index (χ4n) is 3.17. The maximum Gasteiger partial charge on any atom is 0.227 e. The Labute approximate surface area is 163 Å². The van der Waals surface area contributed by atoms with Gasteiger partial charge in [-0.3, -0.25) is 4.98 Å². The Morgan fingerprint density at radius 3 is 2.41 bits per heavy atom. The second-order valence-electron chi connectivity index (χ2n) is 6.90. The van der Waals surface area contributed by atoms with Crippen LogP contribution in [-0.2, 0) is 0 Å². The molecule has 1 fully saturated rings. The zero-order valence-corrected chi connectivity index (χ0v) is 16.5. The first-order valence-corrected chi connectivity index (χ1v) is 9.32. The largest absolute Gasteiger partial charge is 0.363 e. The van der Waals surface area contributed by atoms with Crippen LogP contribution < -0.4 is 14.7 Å². The number of hydrogen-bond acceptors (Lipinski definition) is 7. The molecule has 140 valence electrons. The van der Waals surface area contributed by atoms with Crippen LogP contribution in [0.5, 0.6) is 0 Å². The van der Waals surface area contributed by atoms with E-state index in [1.54, 1.807) is 0 Å². The summed E-state index contributed by atoms with van der Waals surface area (Å²) in [6, 6.07) is 7.59. The first-order valence-electron chi connectivity index (χ1n) is 8.95. The summed E-state index contributed by atoms with van der Waals surface area (Å²) in [4.78, 5) is 25.0. The third-order valence-corrected chi connectivity index (χ3v) is 4.90. The van der Waals surface area contributed by atoms with E-state index in [-0.39, 0.29) is 0 Å². The Hall–Kier alpha value is -2.67. The van der Waals surface area contributed by atoms with Crippen LogP contribution in [0.25, 0.3) is 11.0 Å². The number of nitrogens with zero attached hydrogens (tertiary/aromatic N) is 7. The smallest absolute Gasteiger partial charge is 0.227 e. The molecule has 3 aromatic rings. The van der Waals surface area contributed by atoms with Gasteiger partial charge in [0.25, 0.3) is 0 Å². The van der Waals surface area contributed by atoms with Crippen molar-refractivity contribution in [3.8, 4) is 0 Å². The quantitative estimate of drug-likeness (QED) is 0.689. The van der Waals surface area contributed by atoms with Gasteiger partial charge in [-0.15, -0.1) is 0 Å². The topological polar surface area (TPSA) is 61.3 Å². The van der Waals surface area contributed by atoms with E-state index in [4.69, 9.17) is 16.6 Å². The van der Waals surface area contributed by atoms with Gasteiger partial charge in [-0.25, -0.2) is 9.97 Å². The van der Waals surface area contributed by atoms with Crippen LogP contribution in [0.4, 0.5) is 17.6 Å². The average Bonchev–Trinajstić information content (AvgIpc) is 2.67. The second-order valence-corrected chi connectivity index (χ2v) is 7.33. The van der Waals surface area contributed by atoms with Gasteiger partial charge in [-0.1, -0.05) is 11.6 Å². The Bertz CT molecular complexity index is 967. The van der Waals surface area contributed by atoms with Crippen LogP contribution in [0, 0.1) is 6.92 Å². The van der Waals surface area contributed by atoms with Crippen LogP contribution in [-0.4, -0.2) is 60.2 Å². The van der Waals surface area contributed by atoms with E-state index in [0.717, 1.165) is 60.5 Å². The molecular formula is C19H22ClN7. The summed E-state index contributed by atoms with van der Waals surface area (Å²) in [5.74, 6) is 2.61. The third kappa shape index (κ3) is 3.73. The predicted octanol–water partition coefficient (Wildman–Crippen LogP) is 2.77. The van der Waals surface area contributed by atoms with Crippen molar-refractivity contribution in [2.24, 2.45) is 0 Å². The van der Waals surface area contributed by atoms with Crippen molar-refractivity contribution in [1.82, 2.24) is 19.9 Å². The Kier molecular flexibility index (Phi) is 4.70. The number of benzene rings is 1. The molecule has 2 aromatic heterocycles. The first kappa shape index (κ1) is 17.7. The predicted molar refractivity (Wildman–Crippen MR) is 110 cm³/mol. The number of rotatable bonds is 3. The molecule has 27 heavy (non-hydrogen) atoms. The van der Waals surface area contributed by atoms with E-state index in [1.165, 1.54) is 0 Å². The van der Waals surface area contributed by atoms with Crippen LogP contribution >= 0.6 is 11.6 Å². The monoisotopic (exact) mass is 383 g/mol. The molecule has 0 radical (unpaired) electrons. The van der Waals surface area contributed by atoms with Gasteiger partial charge < -0.3 is 14.7 Å². The third-order valence-electron chi connectivity index (χ3n) is 4.67. The molecule has 0 atom stereocenters. The zero-order chi connectivity index (χ0) is 19.0. The summed E-state index contributed by atoms with van der Waals surface area (Å²) < 4.78 is 0. The highest BCUT2D eigenvalue weighted by Gasteiger charge is 2.21. The molecule has 1 aromatic carbocycles. The molecule has 1 saturated heterocycles. The minimum atomic E-state index is 0.674. The maximum atomic E-state index is 6.02. The summed E-state index contributed by atoms with van der Waals surface area (Å²) >= 11 is 6.02. The molecule has 3 heterocycles. The molecule has 0 aliphatic carbocycles. The van der Waals surface area contributed by atoms with Gasteiger partial charge in [0.1, 0.15) is 11.6 Å². The zero-order valence-electron chi connectivity index (χ0n) is 15.7. The lowest BCUT2D eigenvalue weighted by Crippen LogP contribution is -2.47. The number of aryl methyl sites for hydroxylation is 1. The minimum Gasteiger partial charge on any atom is -0.363 e. The van der Waals surface area contributed by atoms with E-state index < -0.39 is 0 Å². The van der Waals surface area contributed by atoms with Gasteiger partial charge in [-0.05, 0) is 25.1 Å². The van der Waals surface area contributed by atoms with Crippen LogP contribution in [0.1, 0.15) is 5.69 Å². The van der Waals surface area contributed by atoms with Crippen molar-refractivity contribution in [2.45, 2.75) is 6.92 Å². The van der Waals surface area contributed by atoms with E-state index >= 15 is 0 Å². The Balaban J connectivity index is 1.50. The molecule has 7 nitrogen and oxygen atoms in total. The van der Waals surface area contributed by atoms with Crippen LogP contribution in [0.3, 0.4) is 0 Å². The second kappa shape index (κ2) is 7.15. The summed E-state index contributed by atoms with van der Waals surface area (Å²) in [7, 11) is 3.99. The molecule has 1 aliphatic rings. The molecule has 0 spiro atoms. The van der Waals surface area contributed by atoms with Crippen molar-refractivity contribution in [3.63, 3.8) is 0 Å². The molecule has 1 aliphatic heterocycles. The normalized spacial score (nSPS) is 14.7. The summed E-state index contributed by atoms with van der Waals surface area (Å²) in [6.45, 7) is 5.39. The average molecular weight is 384 g/mol. The summed E-state index contributed by atoms with van der Waals surface area (Å²) in [6.07, 6.45) is 1.82. The Morgan fingerprint density at radius 1 is 0.926 bits per heavy atom. The van der Waals surface area contributed by atoms with Gasteiger partial charge in [-0.2, -0.15) is 4.98 Å². The fourth-order valence-corrected chi connectivity index (χ4v) is 3.34. The first-order chi connectivity index (χ1) is 13.0.